The molecule has 0 aliphatic heterocycles. The van der Waals surface area contributed by atoms with E-state index in [-0.39, 0.29) is 5.41 Å². The molecule has 1 nitrogen and oxygen atoms in total. The minimum Gasteiger partial charge on any atom is -0.299 e. The van der Waals surface area contributed by atoms with Gasteiger partial charge in [-0.15, -0.1) is 0 Å². The summed E-state index contributed by atoms with van der Waals surface area (Å²) in [6, 6.07) is 0. The van der Waals surface area contributed by atoms with Crippen LogP contribution in [0.25, 0.3) is 0 Å². The van der Waals surface area contributed by atoms with Crippen molar-refractivity contribution in [2.75, 3.05) is 0 Å². The zero-order valence-corrected chi connectivity index (χ0v) is 9.68. The third-order valence-electron chi connectivity index (χ3n) is 4.87. The van der Waals surface area contributed by atoms with Crippen molar-refractivity contribution in [1.82, 2.24) is 0 Å². The van der Waals surface area contributed by atoms with E-state index >= 15 is 0 Å². The summed E-state index contributed by atoms with van der Waals surface area (Å²) < 4.78 is 0. The SMILES string of the molecule is CC1CC2CCCC(=O)C2(C)CC1C. The summed E-state index contributed by atoms with van der Waals surface area (Å²) in [5, 5.41) is 0. The third-order valence-corrected chi connectivity index (χ3v) is 4.87. The molecule has 4 unspecified atom stereocenters. The molecular weight excluding hydrogens is 172 g/mol. The predicted molar refractivity (Wildman–Crippen MR) is 58.0 cm³/mol. The van der Waals surface area contributed by atoms with Crippen LogP contribution >= 0.6 is 0 Å². The summed E-state index contributed by atoms with van der Waals surface area (Å²) in [6.45, 7) is 6.89. The Morgan fingerprint density at radius 3 is 2.71 bits per heavy atom. The number of hydrogen-bond acceptors (Lipinski definition) is 1. The van der Waals surface area contributed by atoms with Crippen LogP contribution in [0, 0.1) is 23.2 Å². The minimum atomic E-state index is 0.0458. The van der Waals surface area contributed by atoms with E-state index in [1.54, 1.807) is 0 Å². The van der Waals surface area contributed by atoms with Crippen molar-refractivity contribution in [1.29, 1.82) is 0 Å². The van der Waals surface area contributed by atoms with E-state index in [1.165, 1.54) is 12.8 Å². The van der Waals surface area contributed by atoms with Gasteiger partial charge in [0.1, 0.15) is 5.78 Å². The second kappa shape index (κ2) is 3.36. The normalized spacial score (nSPS) is 48.8. The maximum absolute atomic E-state index is 12.0. The number of ketones is 1. The van der Waals surface area contributed by atoms with Gasteiger partial charge in [0.25, 0.3) is 0 Å². The Kier molecular flexibility index (Phi) is 2.45. The van der Waals surface area contributed by atoms with Gasteiger partial charge in [0.05, 0.1) is 0 Å². The van der Waals surface area contributed by atoms with Gasteiger partial charge in [-0.1, -0.05) is 20.8 Å². The highest BCUT2D eigenvalue weighted by Gasteiger charge is 2.47. The van der Waals surface area contributed by atoms with Crippen molar-refractivity contribution in [3.05, 3.63) is 0 Å². The van der Waals surface area contributed by atoms with Crippen molar-refractivity contribution < 1.29 is 4.79 Å². The molecule has 2 saturated carbocycles. The van der Waals surface area contributed by atoms with E-state index in [4.69, 9.17) is 0 Å². The van der Waals surface area contributed by atoms with Crippen molar-refractivity contribution >= 4 is 5.78 Å². The van der Waals surface area contributed by atoms with E-state index < -0.39 is 0 Å². The second-order valence-corrected chi connectivity index (χ2v) is 5.82. The zero-order chi connectivity index (χ0) is 10.3. The van der Waals surface area contributed by atoms with Crippen molar-refractivity contribution in [2.45, 2.75) is 52.9 Å². The van der Waals surface area contributed by atoms with E-state index in [9.17, 15) is 4.79 Å². The first kappa shape index (κ1) is 10.2. The Labute approximate surface area is 87.3 Å². The van der Waals surface area contributed by atoms with Gasteiger partial charge in [-0.25, -0.2) is 0 Å². The lowest BCUT2D eigenvalue weighted by Crippen LogP contribution is -2.45. The molecule has 0 bridgehead atoms. The molecule has 14 heavy (non-hydrogen) atoms. The van der Waals surface area contributed by atoms with Gasteiger partial charge in [-0.05, 0) is 43.4 Å². The molecule has 0 radical (unpaired) electrons. The highest BCUT2D eigenvalue weighted by atomic mass is 16.1. The number of carbonyl (C=O) groups excluding carboxylic acids is 1. The Balaban J connectivity index is 2.21. The highest BCUT2D eigenvalue weighted by molar-refractivity contribution is 5.85. The summed E-state index contributed by atoms with van der Waals surface area (Å²) in [6.07, 6.45) is 5.69. The van der Waals surface area contributed by atoms with Crippen LogP contribution in [0.4, 0.5) is 0 Å². The predicted octanol–water partition coefficient (Wildman–Crippen LogP) is 3.43. The third kappa shape index (κ3) is 1.41. The molecule has 0 heterocycles. The summed E-state index contributed by atoms with van der Waals surface area (Å²) in [7, 11) is 0. The Bertz CT molecular complexity index is 246. The van der Waals surface area contributed by atoms with Gasteiger partial charge in [-0.2, -0.15) is 0 Å². The van der Waals surface area contributed by atoms with Crippen molar-refractivity contribution in [3.63, 3.8) is 0 Å². The minimum absolute atomic E-state index is 0.0458. The van der Waals surface area contributed by atoms with Gasteiger partial charge in [0.2, 0.25) is 0 Å². The monoisotopic (exact) mass is 194 g/mol. The molecule has 1 heteroatoms. The van der Waals surface area contributed by atoms with E-state index in [0.717, 1.165) is 31.1 Å². The lowest BCUT2D eigenvalue weighted by Gasteiger charge is -2.48. The van der Waals surface area contributed by atoms with Crippen LogP contribution in [0.1, 0.15) is 52.9 Å². The number of hydrogen-bond donors (Lipinski definition) is 0. The fourth-order valence-corrected chi connectivity index (χ4v) is 3.55. The first-order valence-electron chi connectivity index (χ1n) is 6.07. The molecule has 80 valence electrons. The molecule has 0 amide bonds. The van der Waals surface area contributed by atoms with Gasteiger partial charge in [-0.3, -0.25) is 4.79 Å². The van der Waals surface area contributed by atoms with Crippen LogP contribution in [0.15, 0.2) is 0 Å². The summed E-state index contributed by atoms with van der Waals surface area (Å²) in [5.41, 5.74) is 0.0458. The highest BCUT2D eigenvalue weighted by Crippen LogP contribution is 2.51. The lowest BCUT2D eigenvalue weighted by atomic mass is 9.55. The summed E-state index contributed by atoms with van der Waals surface area (Å²) in [4.78, 5) is 12.0. The number of Topliss-reactive ketones (excluding diaryl/α,β-unsaturated/α-hetero) is 1. The molecule has 2 aliphatic carbocycles. The largest absolute Gasteiger partial charge is 0.299 e. The van der Waals surface area contributed by atoms with Crippen LogP contribution in [0.3, 0.4) is 0 Å². The summed E-state index contributed by atoms with van der Waals surface area (Å²) >= 11 is 0. The van der Waals surface area contributed by atoms with Crippen LogP contribution in [-0.4, -0.2) is 5.78 Å². The number of rotatable bonds is 0. The average Bonchev–Trinajstić information content (AvgIpc) is 2.11. The van der Waals surface area contributed by atoms with E-state index in [2.05, 4.69) is 20.8 Å². The molecule has 2 rings (SSSR count). The molecule has 0 aromatic heterocycles. The average molecular weight is 194 g/mol. The molecule has 0 N–H and O–H groups in total. The van der Waals surface area contributed by atoms with Gasteiger partial charge >= 0.3 is 0 Å². The van der Waals surface area contributed by atoms with Crippen LogP contribution in [0.5, 0.6) is 0 Å². The molecule has 2 aliphatic rings. The van der Waals surface area contributed by atoms with Crippen molar-refractivity contribution in [2.24, 2.45) is 23.2 Å². The maximum atomic E-state index is 12.0. The van der Waals surface area contributed by atoms with Gasteiger partial charge in [0, 0.05) is 11.8 Å². The van der Waals surface area contributed by atoms with Crippen molar-refractivity contribution in [3.8, 4) is 0 Å². The lowest BCUT2D eigenvalue weighted by molar-refractivity contribution is -0.139. The van der Waals surface area contributed by atoms with E-state index in [1.807, 2.05) is 0 Å². The Hall–Kier alpha value is -0.330. The fraction of sp³-hybridized carbons (Fsp3) is 0.923. The molecule has 0 aromatic rings. The zero-order valence-electron chi connectivity index (χ0n) is 9.68. The molecule has 2 fully saturated rings. The smallest absolute Gasteiger partial charge is 0.139 e. The van der Waals surface area contributed by atoms with Gasteiger partial charge in [0.15, 0.2) is 0 Å². The maximum Gasteiger partial charge on any atom is 0.139 e. The second-order valence-electron chi connectivity index (χ2n) is 5.82. The standard InChI is InChI=1S/C13H22O/c1-9-7-11-5-4-6-12(14)13(11,3)8-10(9)2/h9-11H,4-8H2,1-3H3. The molecule has 0 spiro atoms. The van der Waals surface area contributed by atoms with Crippen LogP contribution in [0.2, 0.25) is 0 Å². The van der Waals surface area contributed by atoms with E-state index in [0.29, 0.717) is 11.7 Å². The van der Waals surface area contributed by atoms with Gasteiger partial charge < -0.3 is 0 Å². The quantitative estimate of drug-likeness (QED) is 0.577. The topological polar surface area (TPSA) is 17.1 Å². The number of carbonyl (C=O) groups is 1. The summed E-state index contributed by atoms with van der Waals surface area (Å²) in [5.74, 6) is 2.79. The number of fused-ring (bicyclic) bond motifs is 1. The Morgan fingerprint density at radius 2 is 2.00 bits per heavy atom. The van der Waals surface area contributed by atoms with Crippen LogP contribution in [-0.2, 0) is 4.79 Å². The molecule has 0 aromatic carbocycles. The van der Waals surface area contributed by atoms with Crippen LogP contribution < -0.4 is 0 Å². The Morgan fingerprint density at radius 1 is 1.29 bits per heavy atom. The first-order chi connectivity index (χ1) is 6.54. The molecule has 0 saturated heterocycles. The molecule has 4 atom stereocenters. The molecular formula is C13H22O. The first-order valence-corrected chi connectivity index (χ1v) is 6.07. The fourth-order valence-electron chi connectivity index (χ4n) is 3.55.